The Labute approximate surface area is 132 Å². The van der Waals surface area contributed by atoms with Crippen molar-refractivity contribution in [1.82, 2.24) is 4.90 Å². The van der Waals surface area contributed by atoms with E-state index < -0.39 is 0 Å². The highest BCUT2D eigenvalue weighted by atomic mass is 16.5. The van der Waals surface area contributed by atoms with Gasteiger partial charge in [-0.25, -0.2) is 0 Å². The highest BCUT2D eigenvalue weighted by Gasteiger charge is 2.39. The Hall–Kier alpha value is -1.40. The molecule has 1 atom stereocenters. The first-order valence-corrected chi connectivity index (χ1v) is 7.94. The fraction of sp³-hybridized carbons (Fsp3) is 0.750. The van der Waals surface area contributed by atoms with Crippen LogP contribution < -0.4 is 5.73 Å². The van der Waals surface area contributed by atoms with Crippen molar-refractivity contribution in [3.63, 3.8) is 0 Å². The second-order valence-electron chi connectivity index (χ2n) is 7.07. The molecule has 1 amide bonds. The Balaban J connectivity index is 1.98. The largest absolute Gasteiger partial charge is 0.596 e. The zero-order valence-corrected chi connectivity index (χ0v) is 13.8. The van der Waals surface area contributed by atoms with Crippen LogP contribution in [0, 0.1) is 5.41 Å². The Bertz CT molecular complexity index is 474. The van der Waals surface area contributed by atoms with Gasteiger partial charge in [0.15, 0.2) is 0 Å². The first kappa shape index (κ1) is 17.0. The van der Waals surface area contributed by atoms with E-state index in [1.807, 2.05) is 20.8 Å². The molecule has 2 heterocycles. The summed E-state index contributed by atoms with van der Waals surface area (Å²) in [6.45, 7) is 8.27. The lowest BCUT2D eigenvalue weighted by Crippen LogP contribution is -2.57. The molecule has 0 bridgehead atoms. The normalized spacial score (nSPS) is 25.9. The number of ether oxygens (including phenoxy) is 1. The Kier molecular flexibility index (Phi) is 5.24. The molecule has 6 nitrogen and oxygen atoms in total. The predicted molar refractivity (Wildman–Crippen MR) is 86.7 cm³/mol. The topological polar surface area (TPSA) is 90.8 Å². The number of carbonyl (C=O) groups excluding carboxylic acids is 1. The van der Waals surface area contributed by atoms with Crippen molar-refractivity contribution in [1.29, 1.82) is 0 Å². The maximum absolute atomic E-state index is 12.3. The van der Waals surface area contributed by atoms with Gasteiger partial charge in [-0.05, 0) is 40.0 Å². The second kappa shape index (κ2) is 6.79. The predicted octanol–water partition coefficient (Wildman–Crippen LogP) is 0.778. The number of hydrogen-bond donors (Lipinski definition) is 1. The van der Waals surface area contributed by atoms with Crippen LogP contribution in [0.2, 0.25) is 0 Å². The second-order valence-corrected chi connectivity index (χ2v) is 7.07. The van der Waals surface area contributed by atoms with Crippen LogP contribution in [0.25, 0.3) is 0 Å². The lowest BCUT2D eigenvalue weighted by molar-refractivity contribution is -0.131. The number of amides is 1. The highest BCUT2D eigenvalue weighted by molar-refractivity contribution is 6.01. The summed E-state index contributed by atoms with van der Waals surface area (Å²) in [5, 5.41) is 7.93. The fourth-order valence-corrected chi connectivity index (χ4v) is 2.72. The third-order valence-electron chi connectivity index (χ3n) is 4.35. The summed E-state index contributed by atoms with van der Waals surface area (Å²) in [5.41, 5.74) is 5.51. The molecule has 0 aromatic carbocycles. The molecule has 0 spiro atoms. The first-order chi connectivity index (χ1) is 10.3. The molecule has 0 aromatic rings. The van der Waals surface area contributed by atoms with Gasteiger partial charge in [0.2, 0.25) is 5.76 Å². The maximum Gasteiger partial charge on any atom is 0.265 e. The number of rotatable bonds is 3. The van der Waals surface area contributed by atoms with Crippen LogP contribution in [0.5, 0.6) is 0 Å². The van der Waals surface area contributed by atoms with Gasteiger partial charge in [-0.2, -0.15) is 4.99 Å². The lowest BCUT2D eigenvalue weighted by atomic mass is 9.93. The maximum atomic E-state index is 12.3. The summed E-state index contributed by atoms with van der Waals surface area (Å²) < 4.78 is 5.37. The van der Waals surface area contributed by atoms with Gasteiger partial charge in [0.25, 0.3) is 5.91 Å². The third-order valence-corrected chi connectivity index (χ3v) is 4.35. The van der Waals surface area contributed by atoms with Crippen LogP contribution in [-0.4, -0.2) is 53.6 Å². The Morgan fingerprint density at radius 2 is 1.95 bits per heavy atom. The standard InChI is InChI=1S/C16H27N3O3/c1-16(2,3)13(20)10-14(17)18-15(21)12-4-7-19(12)11-5-8-22-9-6-11/h10-12,20H,4-9H2,1-3H3,(H2,17,18,21)/p+1/b13-10-/t12-/m0/s1. The molecular formula is C16H28N3O3+. The van der Waals surface area contributed by atoms with E-state index in [0.29, 0.717) is 11.8 Å². The van der Waals surface area contributed by atoms with E-state index in [0.717, 1.165) is 39.0 Å². The monoisotopic (exact) mass is 310 g/mol. The zero-order valence-electron chi connectivity index (χ0n) is 13.8. The number of likely N-dealkylation sites (tertiary alicyclic amines) is 1. The summed E-state index contributed by atoms with van der Waals surface area (Å²) in [6.07, 6.45) is 4.27. The first-order valence-electron chi connectivity index (χ1n) is 7.94. The van der Waals surface area contributed by atoms with Gasteiger partial charge in [0.1, 0.15) is 5.84 Å². The van der Waals surface area contributed by atoms with E-state index in [2.05, 4.69) is 9.89 Å². The molecule has 4 N–H and O–H groups in total. The molecular weight excluding hydrogens is 282 g/mol. The van der Waals surface area contributed by atoms with Gasteiger partial charge in [0, 0.05) is 25.8 Å². The van der Waals surface area contributed by atoms with E-state index >= 15 is 0 Å². The average Bonchev–Trinajstić information content (AvgIpc) is 2.37. The van der Waals surface area contributed by atoms with Gasteiger partial charge < -0.3 is 15.6 Å². The van der Waals surface area contributed by atoms with E-state index in [1.54, 1.807) is 0 Å². The number of amidine groups is 1. The van der Waals surface area contributed by atoms with Gasteiger partial charge in [0.05, 0.1) is 17.5 Å². The summed E-state index contributed by atoms with van der Waals surface area (Å²) >= 11 is 0. The summed E-state index contributed by atoms with van der Waals surface area (Å²) in [7, 11) is 0. The summed E-state index contributed by atoms with van der Waals surface area (Å²) in [5.74, 6) is 0.313. The van der Waals surface area contributed by atoms with Crippen molar-refractivity contribution in [3.8, 4) is 0 Å². The molecule has 2 aliphatic rings. The fourth-order valence-electron chi connectivity index (χ4n) is 2.72. The number of nitrogens with two attached hydrogens (primary N) is 1. The van der Waals surface area contributed by atoms with Crippen LogP contribution in [0.3, 0.4) is 0 Å². The van der Waals surface area contributed by atoms with E-state index in [9.17, 15) is 4.79 Å². The molecule has 2 aliphatic heterocycles. The number of hydrogen-bond acceptors (Lipinski definition) is 3. The molecule has 2 rings (SSSR count). The number of carbonyl (C=O) groups is 1. The Morgan fingerprint density at radius 3 is 2.45 bits per heavy atom. The molecule has 0 saturated carbocycles. The molecule has 124 valence electrons. The van der Waals surface area contributed by atoms with E-state index in [1.165, 1.54) is 6.08 Å². The molecule has 2 fully saturated rings. The van der Waals surface area contributed by atoms with Crippen molar-refractivity contribution in [2.75, 3.05) is 19.8 Å². The van der Waals surface area contributed by atoms with E-state index in [-0.39, 0.29) is 23.2 Å². The van der Waals surface area contributed by atoms with Gasteiger partial charge in [-0.15, -0.1) is 0 Å². The van der Waals surface area contributed by atoms with Crippen LogP contribution in [0.15, 0.2) is 16.8 Å². The number of aliphatic imine (C=N–C) groups is 1. The molecule has 2 saturated heterocycles. The van der Waals surface area contributed by atoms with Crippen LogP contribution >= 0.6 is 0 Å². The summed E-state index contributed by atoms with van der Waals surface area (Å²) in [4.78, 5) is 18.5. The molecule has 0 unspecified atom stereocenters. The van der Waals surface area contributed by atoms with Crippen molar-refractivity contribution in [3.05, 3.63) is 11.8 Å². The van der Waals surface area contributed by atoms with Gasteiger partial charge in [-0.1, -0.05) is 0 Å². The smallest absolute Gasteiger partial charge is 0.265 e. The van der Waals surface area contributed by atoms with Crippen molar-refractivity contribution in [2.45, 2.75) is 52.1 Å². The minimum atomic E-state index is -0.298. The molecule has 0 aromatic heterocycles. The van der Waals surface area contributed by atoms with Crippen molar-refractivity contribution < 1.29 is 14.6 Å². The minimum Gasteiger partial charge on any atom is -0.596 e. The molecule has 6 heteroatoms. The van der Waals surface area contributed by atoms with Crippen LogP contribution in [-0.2, 0) is 9.53 Å². The average molecular weight is 310 g/mol. The van der Waals surface area contributed by atoms with Crippen LogP contribution in [0.4, 0.5) is 0 Å². The minimum absolute atomic E-state index is 0.128. The lowest BCUT2D eigenvalue weighted by Gasteiger charge is -2.45. The van der Waals surface area contributed by atoms with Gasteiger partial charge >= 0.3 is 0 Å². The molecule has 0 radical (unpaired) electrons. The van der Waals surface area contributed by atoms with Crippen molar-refractivity contribution >= 4 is 11.7 Å². The third kappa shape index (κ3) is 4.08. The van der Waals surface area contributed by atoms with Gasteiger partial charge in [-0.3, -0.25) is 9.69 Å². The SMILES string of the molecule is CC(C)(C)/C([OH2+])=C/C(N)=NC(=O)[C@@H]1CCN1C1CCOCC1. The molecule has 0 aliphatic carbocycles. The van der Waals surface area contributed by atoms with E-state index in [4.69, 9.17) is 15.6 Å². The Morgan fingerprint density at radius 1 is 1.32 bits per heavy atom. The van der Waals surface area contributed by atoms with Crippen LogP contribution in [0.1, 0.15) is 40.0 Å². The molecule has 22 heavy (non-hydrogen) atoms. The van der Waals surface area contributed by atoms with Crippen molar-refractivity contribution in [2.24, 2.45) is 16.1 Å². The zero-order chi connectivity index (χ0) is 16.3. The number of allylic oxidation sites excluding steroid dienone is 1. The number of nitrogens with zero attached hydrogens (tertiary/aromatic N) is 2. The highest BCUT2D eigenvalue weighted by Crippen LogP contribution is 2.27. The summed E-state index contributed by atoms with van der Waals surface area (Å²) in [6, 6.07) is 0.267. The quantitative estimate of drug-likeness (QED) is 0.361.